The highest BCUT2D eigenvalue weighted by molar-refractivity contribution is 7.89. The molecule has 2 aliphatic rings. The van der Waals surface area contributed by atoms with Crippen LogP contribution in [0.4, 0.5) is 11.4 Å². The van der Waals surface area contributed by atoms with Gasteiger partial charge in [0.25, 0.3) is 5.91 Å². The number of hydrogen-bond donors (Lipinski definition) is 3. The Balaban J connectivity index is 1.37. The van der Waals surface area contributed by atoms with Gasteiger partial charge in [-0.15, -0.1) is 0 Å². The van der Waals surface area contributed by atoms with E-state index in [2.05, 4.69) is 16.0 Å². The Hall–Kier alpha value is -2.95. The van der Waals surface area contributed by atoms with Gasteiger partial charge in [-0.1, -0.05) is 11.6 Å². The summed E-state index contributed by atoms with van der Waals surface area (Å²) >= 11 is 6.24. The minimum Gasteiger partial charge on any atom is -0.349 e. The summed E-state index contributed by atoms with van der Waals surface area (Å²) in [6.07, 6.45) is 1.11. The Kier molecular flexibility index (Phi) is 6.42. The Morgan fingerprint density at radius 1 is 1.12 bits per heavy atom. The smallest absolute Gasteiger partial charge is 0.253 e. The van der Waals surface area contributed by atoms with Gasteiger partial charge in [-0.3, -0.25) is 14.4 Å². The van der Waals surface area contributed by atoms with Gasteiger partial charge in [-0.2, -0.15) is 4.31 Å². The van der Waals surface area contributed by atoms with Crippen molar-refractivity contribution in [3.63, 3.8) is 0 Å². The van der Waals surface area contributed by atoms with Crippen LogP contribution in [0.15, 0.2) is 41.3 Å². The third-order valence-electron chi connectivity index (χ3n) is 5.66. The fourth-order valence-electron chi connectivity index (χ4n) is 3.99. The average molecular weight is 491 g/mol. The van der Waals surface area contributed by atoms with Crippen LogP contribution in [-0.2, 0) is 26.0 Å². The second-order valence-corrected chi connectivity index (χ2v) is 10.4. The number of rotatable bonds is 5. The van der Waals surface area contributed by atoms with Crippen molar-refractivity contribution in [3.8, 4) is 0 Å². The summed E-state index contributed by atoms with van der Waals surface area (Å²) in [6.45, 7) is 1.90. The molecular formula is C22H23ClN4O5S. The number of carbonyl (C=O) groups is 3. The van der Waals surface area contributed by atoms with Crippen LogP contribution < -0.4 is 16.0 Å². The van der Waals surface area contributed by atoms with Gasteiger partial charge in [0, 0.05) is 37.4 Å². The van der Waals surface area contributed by atoms with Crippen molar-refractivity contribution in [2.75, 3.05) is 23.7 Å². The summed E-state index contributed by atoms with van der Waals surface area (Å²) in [4.78, 5) is 35.6. The first kappa shape index (κ1) is 23.2. The molecule has 1 fully saturated rings. The zero-order valence-corrected chi connectivity index (χ0v) is 19.4. The molecule has 2 heterocycles. The first-order chi connectivity index (χ1) is 15.6. The fourth-order valence-corrected chi connectivity index (χ4v) is 5.71. The van der Waals surface area contributed by atoms with E-state index in [9.17, 15) is 22.8 Å². The maximum atomic E-state index is 13.0. The van der Waals surface area contributed by atoms with E-state index in [4.69, 9.17) is 11.6 Å². The molecule has 174 valence electrons. The third-order valence-corrected chi connectivity index (χ3v) is 7.89. The van der Waals surface area contributed by atoms with Crippen molar-refractivity contribution >= 4 is 50.7 Å². The van der Waals surface area contributed by atoms with E-state index in [0.29, 0.717) is 29.8 Å². The van der Waals surface area contributed by atoms with Crippen molar-refractivity contribution in [3.05, 3.63) is 52.5 Å². The highest BCUT2D eigenvalue weighted by Gasteiger charge is 2.31. The zero-order chi connectivity index (χ0) is 23.8. The molecule has 2 aliphatic heterocycles. The molecule has 1 saturated heterocycles. The Bertz CT molecular complexity index is 1220. The molecule has 0 radical (unpaired) electrons. The van der Waals surface area contributed by atoms with E-state index in [0.717, 1.165) is 5.56 Å². The summed E-state index contributed by atoms with van der Waals surface area (Å²) in [5, 5.41) is 8.47. The van der Waals surface area contributed by atoms with E-state index in [1.165, 1.54) is 23.4 Å². The van der Waals surface area contributed by atoms with Gasteiger partial charge in [-0.25, -0.2) is 8.42 Å². The summed E-state index contributed by atoms with van der Waals surface area (Å²) in [7, 11) is -3.68. The molecule has 3 N–H and O–H groups in total. The van der Waals surface area contributed by atoms with Crippen molar-refractivity contribution in [2.45, 2.75) is 37.1 Å². The number of halogens is 1. The number of nitrogens with one attached hydrogen (secondary N) is 3. The molecule has 11 heteroatoms. The number of nitrogens with zero attached hydrogens (tertiary/aromatic N) is 1. The molecule has 0 unspecified atom stereocenters. The van der Waals surface area contributed by atoms with Gasteiger partial charge in [0.05, 0.1) is 21.9 Å². The molecule has 3 amide bonds. The quantitative estimate of drug-likeness (QED) is 0.593. The molecule has 9 nitrogen and oxygen atoms in total. The number of carbonyl (C=O) groups excluding carboxylic acids is 3. The number of fused-ring (bicyclic) bond motifs is 1. The minimum absolute atomic E-state index is 0.142. The molecule has 2 aromatic rings. The van der Waals surface area contributed by atoms with Crippen molar-refractivity contribution < 1.29 is 22.8 Å². The maximum absolute atomic E-state index is 13.0. The zero-order valence-electron chi connectivity index (χ0n) is 17.9. The van der Waals surface area contributed by atoms with Crippen molar-refractivity contribution in [1.82, 2.24) is 9.62 Å². The highest BCUT2D eigenvalue weighted by Crippen LogP contribution is 2.30. The van der Waals surface area contributed by atoms with E-state index in [-0.39, 0.29) is 53.2 Å². The molecule has 0 aromatic heterocycles. The molecule has 0 atom stereocenters. The third kappa shape index (κ3) is 5.02. The number of hydrogen-bond acceptors (Lipinski definition) is 5. The summed E-state index contributed by atoms with van der Waals surface area (Å²) in [5.74, 6) is -0.727. The van der Waals surface area contributed by atoms with Crippen molar-refractivity contribution in [1.29, 1.82) is 0 Å². The number of piperidine rings is 1. The lowest BCUT2D eigenvalue weighted by Gasteiger charge is -2.31. The molecule has 0 saturated carbocycles. The Morgan fingerprint density at radius 3 is 2.42 bits per heavy atom. The lowest BCUT2D eigenvalue weighted by molar-refractivity contribution is -0.115. The topological polar surface area (TPSA) is 125 Å². The molecule has 0 bridgehead atoms. The lowest BCUT2D eigenvalue weighted by Crippen LogP contribution is -2.46. The lowest BCUT2D eigenvalue weighted by atomic mass is 10.0. The molecule has 2 aromatic carbocycles. The van der Waals surface area contributed by atoms with Crippen LogP contribution in [-0.4, -0.2) is 49.6 Å². The molecular weight excluding hydrogens is 468 g/mol. The number of amides is 3. The summed E-state index contributed by atoms with van der Waals surface area (Å²) in [6, 6.07) is 9.01. The van der Waals surface area contributed by atoms with Gasteiger partial charge >= 0.3 is 0 Å². The van der Waals surface area contributed by atoms with Crippen LogP contribution in [0.25, 0.3) is 0 Å². The average Bonchev–Trinajstić information content (AvgIpc) is 3.12. The van der Waals surface area contributed by atoms with Crippen LogP contribution in [0.1, 0.15) is 35.7 Å². The fraction of sp³-hybridized carbons (Fsp3) is 0.318. The standard InChI is InChI=1S/C22H23ClN4O5S/c1-13(28)24-15-2-4-17(5-3-15)33(31,32)27-8-6-16(7-9-27)25-22(30)18-10-14-11-21(29)26-20(14)12-19(18)23/h2-5,10,12,16H,6-9,11H2,1H3,(H,24,28)(H,25,30)(H,26,29). The first-order valence-corrected chi connectivity index (χ1v) is 12.3. The predicted molar refractivity (Wildman–Crippen MR) is 124 cm³/mol. The normalized spacial score (nSPS) is 16.7. The summed E-state index contributed by atoms with van der Waals surface area (Å²) in [5.41, 5.74) is 2.15. The van der Waals surface area contributed by atoms with Crippen LogP contribution >= 0.6 is 11.6 Å². The molecule has 4 rings (SSSR count). The predicted octanol–water partition coefficient (Wildman–Crippen LogP) is 2.38. The van der Waals surface area contributed by atoms with Gasteiger partial charge in [-0.05, 0) is 54.8 Å². The van der Waals surface area contributed by atoms with Gasteiger partial charge in [0.2, 0.25) is 21.8 Å². The highest BCUT2D eigenvalue weighted by atomic mass is 35.5. The van der Waals surface area contributed by atoms with E-state index < -0.39 is 10.0 Å². The first-order valence-electron chi connectivity index (χ1n) is 10.4. The number of anilines is 2. The monoisotopic (exact) mass is 490 g/mol. The largest absolute Gasteiger partial charge is 0.349 e. The maximum Gasteiger partial charge on any atom is 0.253 e. The van der Waals surface area contributed by atoms with Gasteiger partial charge < -0.3 is 16.0 Å². The second kappa shape index (κ2) is 9.12. The molecule has 0 spiro atoms. The van der Waals surface area contributed by atoms with E-state index in [1.54, 1.807) is 24.3 Å². The van der Waals surface area contributed by atoms with Crippen LogP contribution in [0.3, 0.4) is 0 Å². The number of sulfonamides is 1. The van der Waals surface area contributed by atoms with Crippen LogP contribution in [0.2, 0.25) is 5.02 Å². The van der Waals surface area contributed by atoms with Gasteiger partial charge in [0.15, 0.2) is 0 Å². The molecule has 0 aliphatic carbocycles. The second-order valence-electron chi connectivity index (χ2n) is 8.07. The van der Waals surface area contributed by atoms with Crippen LogP contribution in [0, 0.1) is 0 Å². The van der Waals surface area contributed by atoms with E-state index >= 15 is 0 Å². The summed E-state index contributed by atoms with van der Waals surface area (Å²) < 4.78 is 27.3. The molecule has 33 heavy (non-hydrogen) atoms. The van der Waals surface area contributed by atoms with E-state index in [1.807, 2.05) is 0 Å². The minimum atomic E-state index is -3.68. The van der Waals surface area contributed by atoms with Crippen LogP contribution in [0.5, 0.6) is 0 Å². The number of benzene rings is 2. The SMILES string of the molecule is CC(=O)Nc1ccc(S(=O)(=O)N2CCC(NC(=O)c3cc4c(cc3Cl)NC(=O)C4)CC2)cc1. The Labute approximate surface area is 196 Å². The Morgan fingerprint density at radius 2 is 1.79 bits per heavy atom. The van der Waals surface area contributed by atoms with Gasteiger partial charge in [0.1, 0.15) is 0 Å². The van der Waals surface area contributed by atoms with Crippen molar-refractivity contribution in [2.24, 2.45) is 0 Å².